The monoisotopic (exact) mass is 256 g/mol. The maximum atomic E-state index is 13.3. The molecular formula is C14H18ClFO. The molecule has 1 aliphatic rings. The van der Waals surface area contributed by atoms with E-state index in [1.807, 2.05) is 0 Å². The van der Waals surface area contributed by atoms with Crippen molar-refractivity contribution in [3.63, 3.8) is 0 Å². The lowest BCUT2D eigenvalue weighted by atomic mass is 9.90. The quantitative estimate of drug-likeness (QED) is 0.721. The summed E-state index contributed by atoms with van der Waals surface area (Å²) in [4.78, 5) is 0. The van der Waals surface area contributed by atoms with Crippen LogP contribution in [0.3, 0.4) is 0 Å². The largest absolute Gasteiger partial charge is 0.496 e. The molecule has 1 aromatic rings. The van der Waals surface area contributed by atoms with E-state index in [-0.39, 0.29) is 11.2 Å². The average molecular weight is 257 g/mol. The molecule has 17 heavy (non-hydrogen) atoms. The predicted octanol–water partition coefficient (Wildman–Crippen LogP) is 4.55. The molecule has 1 aliphatic carbocycles. The number of hydrogen-bond acceptors (Lipinski definition) is 1. The third-order valence-corrected chi connectivity index (χ3v) is 4.35. The van der Waals surface area contributed by atoms with E-state index in [1.165, 1.54) is 25.0 Å². The summed E-state index contributed by atoms with van der Waals surface area (Å²) in [6.07, 6.45) is 3.55. The third kappa shape index (κ3) is 2.57. The fourth-order valence-corrected chi connectivity index (χ4v) is 3.31. The Hall–Kier alpha value is -0.760. The second-order valence-electron chi connectivity index (χ2n) is 4.86. The van der Waals surface area contributed by atoms with Gasteiger partial charge in [0.1, 0.15) is 11.6 Å². The van der Waals surface area contributed by atoms with Crippen molar-refractivity contribution in [3.8, 4) is 5.75 Å². The molecule has 0 heterocycles. The lowest BCUT2D eigenvalue weighted by Crippen LogP contribution is -2.12. The summed E-state index contributed by atoms with van der Waals surface area (Å²) in [5, 5.41) is -0.154. The maximum absolute atomic E-state index is 13.3. The second-order valence-corrected chi connectivity index (χ2v) is 5.33. The summed E-state index contributed by atoms with van der Waals surface area (Å²) in [6.45, 7) is 2.22. The summed E-state index contributed by atoms with van der Waals surface area (Å²) < 4.78 is 18.6. The minimum Gasteiger partial charge on any atom is -0.496 e. The van der Waals surface area contributed by atoms with Crippen molar-refractivity contribution >= 4 is 11.6 Å². The van der Waals surface area contributed by atoms with Crippen LogP contribution in [0.15, 0.2) is 18.2 Å². The summed E-state index contributed by atoms with van der Waals surface area (Å²) in [5.41, 5.74) is 0.785. The van der Waals surface area contributed by atoms with E-state index in [0.29, 0.717) is 17.6 Å². The van der Waals surface area contributed by atoms with E-state index in [1.54, 1.807) is 13.2 Å². The smallest absolute Gasteiger partial charge is 0.123 e. The minimum absolute atomic E-state index is 0.154. The molecule has 0 aromatic heterocycles. The molecule has 1 saturated carbocycles. The normalized spacial score (nSPS) is 25.9. The van der Waals surface area contributed by atoms with Crippen LogP contribution in [0.1, 0.15) is 37.1 Å². The number of ether oxygens (including phenoxy) is 1. The van der Waals surface area contributed by atoms with E-state index in [9.17, 15) is 4.39 Å². The molecule has 0 spiro atoms. The van der Waals surface area contributed by atoms with Crippen molar-refractivity contribution in [3.05, 3.63) is 29.6 Å². The molecule has 0 aliphatic heterocycles. The van der Waals surface area contributed by atoms with Crippen molar-refractivity contribution in [1.82, 2.24) is 0 Å². The molecule has 3 atom stereocenters. The van der Waals surface area contributed by atoms with E-state index < -0.39 is 0 Å². The highest BCUT2D eigenvalue weighted by atomic mass is 35.5. The Kier molecular flexibility index (Phi) is 3.93. The van der Waals surface area contributed by atoms with Crippen LogP contribution in [0.25, 0.3) is 0 Å². The van der Waals surface area contributed by atoms with Gasteiger partial charge in [0.25, 0.3) is 0 Å². The van der Waals surface area contributed by atoms with Crippen molar-refractivity contribution in [2.45, 2.75) is 31.6 Å². The Labute approximate surface area is 107 Å². The van der Waals surface area contributed by atoms with Crippen LogP contribution < -0.4 is 4.74 Å². The Balaban J connectivity index is 2.28. The number of rotatable bonds is 3. The van der Waals surface area contributed by atoms with Gasteiger partial charge in [-0.2, -0.15) is 0 Å². The highest BCUT2D eigenvalue weighted by molar-refractivity contribution is 6.21. The van der Waals surface area contributed by atoms with Gasteiger partial charge in [0.05, 0.1) is 12.5 Å². The van der Waals surface area contributed by atoms with E-state index in [2.05, 4.69) is 6.92 Å². The summed E-state index contributed by atoms with van der Waals surface area (Å²) >= 11 is 6.52. The first kappa shape index (κ1) is 12.7. The Morgan fingerprint density at radius 2 is 2.18 bits per heavy atom. The van der Waals surface area contributed by atoms with Crippen molar-refractivity contribution in [2.75, 3.05) is 7.11 Å². The number of alkyl halides is 1. The first-order valence-corrected chi connectivity index (χ1v) is 6.54. The average Bonchev–Trinajstić information content (AvgIpc) is 2.74. The van der Waals surface area contributed by atoms with Crippen LogP contribution in [-0.2, 0) is 0 Å². The van der Waals surface area contributed by atoms with Gasteiger partial charge in [-0.15, -0.1) is 11.6 Å². The SMILES string of the molecule is COc1ccc(F)cc1C(Cl)C1CCCC1C. The van der Waals surface area contributed by atoms with Gasteiger partial charge in [-0.05, 0) is 36.5 Å². The van der Waals surface area contributed by atoms with Gasteiger partial charge in [0.2, 0.25) is 0 Å². The highest BCUT2D eigenvalue weighted by Gasteiger charge is 2.32. The molecule has 0 N–H and O–H groups in total. The molecule has 2 rings (SSSR count). The fraction of sp³-hybridized carbons (Fsp3) is 0.571. The summed E-state index contributed by atoms with van der Waals surface area (Å²) in [6, 6.07) is 4.56. The van der Waals surface area contributed by atoms with Gasteiger partial charge in [0.15, 0.2) is 0 Å². The van der Waals surface area contributed by atoms with Gasteiger partial charge in [0, 0.05) is 5.56 Å². The number of benzene rings is 1. The molecular weight excluding hydrogens is 239 g/mol. The van der Waals surface area contributed by atoms with Crippen molar-refractivity contribution in [1.29, 1.82) is 0 Å². The van der Waals surface area contributed by atoms with Crippen LogP contribution in [0, 0.1) is 17.7 Å². The lowest BCUT2D eigenvalue weighted by Gasteiger charge is -2.23. The number of halogens is 2. The van der Waals surface area contributed by atoms with Crippen LogP contribution in [0.5, 0.6) is 5.75 Å². The molecule has 1 fully saturated rings. The van der Waals surface area contributed by atoms with E-state index >= 15 is 0 Å². The van der Waals surface area contributed by atoms with Gasteiger partial charge in [-0.25, -0.2) is 4.39 Å². The molecule has 3 unspecified atom stereocenters. The first-order chi connectivity index (χ1) is 8.13. The van der Waals surface area contributed by atoms with Gasteiger partial charge in [-0.3, -0.25) is 0 Å². The van der Waals surface area contributed by atoms with E-state index in [4.69, 9.17) is 16.3 Å². The van der Waals surface area contributed by atoms with Gasteiger partial charge >= 0.3 is 0 Å². The standard InChI is InChI=1S/C14H18ClFO/c1-9-4-3-5-11(9)14(15)12-8-10(16)6-7-13(12)17-2/h6-9,11,14H,3-5H2,1-2H3. The zero-order valence-electron chi connectivity index (χ0n) is 10.2. The molecule has 0 radical (unpaired) electrons. The van der Waals surface area contributed by atoms with Crippen LogP contribution >= 0.6 is 11.6 Å². The fourth-order valence-electron chi connectivity index (χ4n) is 2.76. The molecule has 0 amide bonds. The molecule has 0 saturated heterocycles. The van der Waals surface area contributed by atoms with Crippen LogP contribution in [-0.4, -0.2) is 7.11 Å². The maximum Gasteiger partial charge on any atom is 0.123 e. The molecule has 94 valence electrons. The topological polar surface area (TPSA) is 9.23 Å². The molecule has 3 heteroatoms. The first-order valence-electron chi connectivity index (χ1n) is 6.11. The van der Waals surface area contributed by atoms with Gasteiger partial charge in [-0.1, -0.05) is 19.8 Å². The zero-order valence-corrected chi connectivity index (χ0v) is 11.0. The number of hydrogen-bond donors (Lipinski definition) is 0. The molecule has 0 bridgehead atoms. The Morgan fingerprint density at radius 3 is 2.76 bits per heavy atom. The van der Waals surface area contributed by atoms with Gasteiger partial charge < -0.3 is 4.74 Å². The van der Waals surface area contributed by atoms with Crippen molar-refractivity contribution < 1.29 is 9.13 Å². The summed E-state index contributed by atoms with van der Waals surface area (Å²) in [5.74, 6) is 1.46. The summed E-state index contributed by atoms with van der Waals surface area (Å²) in [7, 11) is 1.60. The molecule has 1 aromatic carbocycles. The highest BCUT2D eigenvalue weighted by Crippen LogP contribution is 2.45. The minimum atomic E-state index is -0.253. The lowest BCUT2D eigenvalue weighted by molar-refractivity contribution is 0.378. The molecule has 1 nitrogen and oxygen atoms in total. The Bertz CT molecular complexity index is 394. The van der Waals surface area contributed by atoms with Crippen LogP contribution in [0.4, 0.5) is 4.39 Å². The number of methoxy groups -OCH3 is 1. The second kappa shape index (κ2) is 5.26. The zero-order chi connectivity index (χ0) is 12.4. The van der Waals surface area contributed by atoms with Crippen LogP contribution in [0.2, 0.25) is 0 Å². The Morgan fingerprint density at radius 1 is 1.41 bits per heavy atom. The predicted molar refractivity (Wildman–Crippen MR) is 68.1 cm³/mol. The van der Waals surface area contributed by atoms with Crippen molar-refractivity contribution in [2.24, 2.45) is 11.8 Å². The van der Waals surface area contributed by atoms with E-state index in [0.717, 1.165) is 12.0 Å². The third-order valence-electron chi connectivity index (χ3n) is 3.79.